The van der Waals surface area contributed by atoms with Gasteiger partial charge in [-0.1, -0.05) is 12.1 Å². The van der Waals surface area contributed by atoms with E-state index in [1.165, 1.54) is 41.6 Å². The predicted molar refractivity (Wildman–Crippen MR) is 102 cm³/mol. The molecule has 0 aliphatic carbocycles. The van der Waals surface area contributed by atoms with Gasteiger partial charge in [0.1, 0.15) is 17.6 Å². The second-order valence-electron chi connectivity index (χ2n) is 6.83. The molecule has 1 atom stereocenters. The number of fused-ring (bicyclic) bond motifs is 1. The van der Waals surface area contributed by atoms with E-state index < -0.39 is 35.8 Å². The highest BCUT2D eigenvalue weighted by atomic mass is 19.4. The summed E-state index contributed by atoms with van der Waals surface area (Å²) in [6.07, 6.45) is -2.07. The molecule has 0 spiro atoms. The largest absolute Gasteiger partial charge is 0.573 e. The van der Waals surface area contributed by atoms with Gasteiger partial charge in [0, 0.05) is 41.8 Å². The van der Waals surface area contributed by atoms with Gasteiger partial charge in [-0.25, -0.2) is 4.39 Å². The van der Waals surface area contributed by atoms with Crippen molar-refractivity contribution < 1.29 is 31.9 Å². The first kappa shape index (κ1) is 20.6. The molecule has 2 aromatic carbocycles. The Bertz CT molecular complexity index is 1150. The van der Waals surface area contributed by atoms with Crippen LogP contribution in [0, 0.1) is 5.82 Å². The Balaban J connectivity index is 1.70. The van der Waals surface area contributed by atoms with Crippen molar-refractivity contribution in [2.45, 2.75) is 12.4 Å². The molecular weight excluding hydrogens is 418 g/mol. The van der Waals surface area contributed by atoms with Crippen molar-refractivity contribution in [1.82, 2.24) is 15.2 Å². The monoisotopic (exact) mass is 433 g/mol. The Morgan fingerprint density at radius 3 is 2.55 bits per heavy atom. The molecule has 1 unspecified atom stereocenters. The van der Waals surface area contributed by atoms with Crippen LogP contribution in [0.3, 0.4) is 0 Å². The minimum absolute atomic E-state index is 0.162. The third-order valence-electron chi connectivity index (χ3n) is 4.90. The summed E-state index contributed by atoms with van der Waals surface area (Å²) < 4.78 is 55.2. The average molecular weight is 433 g/mol. The summed E-state index contributed by atoms with van der Waals surface area (Å²) in [5, 5.41) is 3.16. The molecule has 2 heterocycles. The Hall–Kier alpha value is -3.69. The molecule has 4 rings (SSSR count). The molecule has 1 aliphatic heterocycles. The van der Waals surface area contributed by atoms with Gasteiger partial charge in [-0.2, -0.15) is 0 Å². The molecule has 1 saturated heterocycles. The lowest BCUT2D eigenvalue weighted by Crippen LogP contribution is -2.52. The second-order valence-corrected chi connectivity index (χ2v) is 6.83. The average Bonchev–Trinajstić information content (AvgIpc) is 2.73. The summed E-state index contributed by atoms with van der Waals surface area (Å²) in [7, 11) is 0. The zero-order valence-electron chi connectivity index (χ0n) is 15.8. The fraction of sp³-hybridized carbons (Fsp3) is 0.190. The maximum atomic E-state index is 14.1. The van der Waals surface area contributed by atoms with Crippen molar-refractivity contribution >= 4 is 22.6 Å². The number of carbonyl (C=O) groups excluding carboxylic acids is 2. The van der Waals surface area contributed by atoms with Gasteiger partial charge >= 0.3 is 6.36 Å². The van der Waals surface area contributed by atoms with E-state index in [0.717, 1.165) is 18.2 Å². The molecule has 0 bridgehead atoms. The van der Waals surface area contributed by atoms with Crippen LogP contribution in [0.15, 0.2) is 54.9 Å². The van der Waals surface area contributed by atoms with E-state index in [0.29, 0.717) is 10.9 Å². The number of amides is 2. The number of nitrogens with zero attached hydrogens (tertiary/aromatic N) is 2. The summed E-state index contributed by atoms with van der Waals surface area (Å²) >= 11 is 0. The first-order valence-electron chi connectivity index (χ1n) is 9.21. The molecule has 2 amide bonds. The van der Waals surface area contributed by atoms with Crippen molar-refractivity contribution in [2.75, 3.05) is 13.1 Å². The zero-order chi connectivity index (χ0) is 22.2. The smallest absolute Gasteiger partial charge is 0.406 e. The van der Waals surface area contributed by atoms with Crippen LogP contribution < -0.4 is 10.1 Å². The van der Waals surface area contributed by atoms with Gasteiger partial charge in [0.25, 0.3) is 5.91 Å². The van der Waals surface area contributed by atoms with Gasteiger partial charge in [-0.05, 0) is 35.9 Å². The van der Waals surface area contributed by atoms with Gasteiger partial charge in [-0.15, -0.1) is 13.2 Å². The van der Waals surface area contributed by atoms with E-state index in [2.05, 4.69) is 15.0 Å². The summed E-state index contributed by atoms with van der Waals surface area (Å²) in [6.45, 7) is 0.364. The van der Waals surface area contributed by atoms with Crippen LogP contribution in [-0.2, 0) is 4.79 Å². The normalized spacial score (nSPS) is 16.8. The number of nitrogens with one attached hydrogen (secondary N) is 1. The zero-order valence-corrected chi connectivity index (χ0v) is 15.8. The number of benzene rings is 2. The van der Waals surface area contributed by atoms with Crippen LogP contribution in [0.5, 0.6) is 5.75 Å². The number of hydrogen-bond donors (Lipinski definition) is 1. The Morgan fingerprint density at radius 1 is 1.10 bits per heavy atom. The Labute approximate surface area is 173 Å². The lowest BCUT2D eigenvalue weighted by molar-refractivity contribution is -0.274. The number of alkyl halides is 3. The molecule has 1 fully saturated rings. The Kier molecular flexibility index (Phi) is 5.22. The van der Waals surface area contributed by atoms with Gasteiger partial charge in [0.15, 0.2) is 0 Å². The van der Waals surface area contributed by atoms with Crippen LogP contribution >= 0.6 is 0 Å². The predicted octanol–water partition coefficient (Wildman–Crippen LogP) is 3.59. The summed E-state index contributed by atoms with van der Waals surface area (Å²) in [5.41, 5.74) is 0.478. The molecule has 3 aromatic rings. The van der Waals surface area contributed by atoms with Crippen LogP contribution in [0.4, 0.5) is 17.6 Å². The van der Waals surface area contributed by atoms with E-state index in [4.69, 9.17) is 0 Å². The van der Waals surface area contributed by atoms with Crippen molar-refractivity contribution in [3.63, 3.8) is 0 Å². The summed E-state index contributed by atoms with van der Waals surface area (Å²) in [5.74, 6) is -1.95. The fourth-order valence-electron chi connectivity index (χ4n) is 3.56. The lowest BCUT2D eigenvalue weighted by Gasteiger charge is -2.35. The molecule has 0 radical (unpaired) electrons. The first-order valence-corrected chi connectivity index (χ1v) is 9.21. The van der Waals surface area contributed by atoms with Crippen molar-refractivity contribution in [3.05, 3.63) is 71.8 Å². The van der Waals surface area contributed by atoms with E-state index in [9.17, 15) is 27.2 Å². The third kappa shape index (κ3) is 4.14. The molecule has 10 heteroatoms. The highest BCUT2D eigenvalue weighted by molar-refractivity contribution is 6.08. The number of pyridine rings is 1. The van der Waals surface area contributed by atoms with E-state index >= 15 is 0 Å². The molecule has 160 valence electrons. The number of rotatable bonds is 3. The van der Waals surface area contributed by atoms with Crippen LogP contribution in [0.2, 0.25) is 0 Å². The van der Waals surface area contributed by atoms with Gasteiger partial charge in [0.2, 0.25) is 5.91 Å². The molecule has 1 aromatic heterocycles. The Morgan fingerprint density at radius 2 is 1.84 bits per heavy atom. The van der Waals surface area contributed by atoms with Crippen LogP contribution in [-0.4, -0.2) is 41.2 Å². The molecule has 1 N–H and O–H groups in total. The molecule has 6 nitrogen and oxygen atoms in total. The van der Waals surface area contributed by atoms with Gasteiger partial charge in [0.05, 0.1) is 0 Å². The topological polar surface area (TPSA) is 71.5 Å². The van der Waals surface area contributed by atoms with Crippen LogP contribution in [0.25, 0.3) is 10.8 Å². The van der Waals surface area contributed by atoms with E-state index in [1.807, 2.05) is 0 Å². The maximum Gasteiger partial charge on any atom is 0.573 e. The standard InChI is InChI=1S/C21H15F4N3O3/c22-17-6-5-15(16-11-26-8-7-14(16)17)20(30)28-10-9-27-19(29)18(28)12-1-3-13(4-2-12)31-21(23,24)25/h1-8,11,18H,9-10H2,(H,27,29). The number of hydrogen-bond acceptors (Lipinski definition) is 4. The number of halogens is 4. The minimum Gasteiger partial charge on any atom is -0.406 e. The number of carbonyl (C=O) groups is 2. The first-order chi connectivity index (χ1) is 14.7. The molecular formula is C21H15F4N3O3. The summed E-state index contributed by atoms with van der Waals surface area (Å²) in [6, 6.07) is 7.60. The quantitative estimate of drug-likeness (QED) is 0.641. The van der Waals surface area contributed by atoms with Gasteiger partial charge < -0.3 is 15.0 Å². The van der Waals surface area contributed by atoms with E-state index in [1.54, 1.807) is 0 Å². The number of ether oxygens (including phenoxy) is 1. The number of piperazine rings is 1. The van der Waals surface area contributed by atoms with E-state index in [-0.39, 0.29) is 24.0 Å². The molecule has 1 aliphatic rings. The third-order valence-corrected chi connectivity index (χ3v) is 4.90. The fourth-order valence-corrected chi connectivity index (χ4v) is 3.56. The van der Waals surface area contributed by atoms with Gasteiger partial charge in [-0.3, -0.25) is 14.6 Å². The SMILES string of the molecule is O=C1NCCN(C(=O)c2ccc(F)c3ccncc23)C1c1ccc(OC(F)(F)F)cc1. The number of aromatic nitrogens is 1. The lowest BCUT2D eigenvalue weighted by atomic mass is 9.99. The van der Waals surface area contributed by atoms with Crippen molar-refractivity contribution in [2.24, 2.45) is 0 Å². The minimum atomic E-state index is -4.84. The highest BCUT2D eigenvalue weighted by Crippen LogP contribution is 2.30. The highest BCUT2D eigenvalue weighted by Gasteiger charge is 2.36. The summed E-state index contributed by atoms with van der Waals surface area (Å²) in [4.78, 5) is 31.2. The molecule has 31 heavy (non-hydrogen) atoms. The van der Waals surface area contributed by atoms with Crippen molar-refractivity contribution in [3.8, 4) is 5.75 Å². The van der Waals surface area contributed by atoms with Crippen LogP contribution in [0.1, 0.15) is 22.0 Å². The maximum absolute atomic E-state index is 14.1. The van der Waals surface area contributed by atoms with Crippen molar-refractivity contribution in [1.29, 1.82) is 0 Å². The molecule has 0 saturated carbocycles. The second kappa shape index (κ2) is 7.86.